The van der Waals surface area contributed by atoms with E-state index in [0.29, 0.717) is 0 Å². The SMILES string of the molecule is CC(N)c1ccc(N(C)Cc2cc(Br)cs2)cc1Br. The zero-order chi connectivity index (χ0) is 14.0. The lowest BCUT2D eigenvalue weighted by molar-refractivity contribution is 0.812. The van der Waals surface area contributed by atoms with Gasteiger partial charge in [0.1, 0.15) is 0 Å². The second-order valence-corrected chi connectivity index (χ2v) is 7.35. The molecule has 5 heteroatoms. The highest BCUT2D eigenvalue weighted by atomic mass is 79.9. The summed E-state index contributed by atoms with van der Waals surface area (Å²) in [4.78, 5) is 3.57. The summed E-state index contributed by atoms with van der Waals surface area (Å²) in [5, 5.41) is 2.11. The summed E-state index contributed by atoms with van der Waals surface area (Å²) in [6, 6.07) is 8.53. The third-order valence-corrected chi connectivity index (χ3v) is 5.30. The van der Waals surface area contributed by atoms with E-state index >= 15 is 0 Å². The van der Waals surface area contributed by atoms with E-state index in [1.807, 2.05) is 6.92 Å². The van der Waals surface area contributed by atoms with Crippen molar-refractivity contribution < 1.29 is 0 Å². The topological polar surface area (TPSA) is 29.3 Å². The average Bonchev–Trinajstić information content (AvgIpc) is 2.74. The number of nitrogens with zero attached hydrogens (tertiary/aromatic N) is 1. The van der Waals surface area contributed by atoms with E-state index in [1.54, 1.807) is 11.3 Å². The number of nitrogens with two attached hydrogens (primary N) is 1. The first-order chi connectivity index (χ1) is 8.97. The molecule has 0 saturated carbocycles. The molecule has 102 valence electrons. The first-order valence-electron chi connectivity index (χ1n) is 5.96. The Morgan fingerprint density at radius 1 is 1.32 bits per heavy atom. The summed E-state index contributed by atoms with van der Waals surface area (Å²) in [5.74, 6) is 0. The molecule has 2 aromatic rings. The number of halogens is 2. The Hall–Kier alpha value is -0.360. The third kappa shape index (κ3) is 3.81. The van der Waals surface area contributed by atoms with Crippen LogP contribution < -0.4 is 10.6 Å². The Bertz CT molecular complexity index is 566. The molecule has 2 N–H and O–H groups in total. The molecule has 1 atom stereocenters. The summed E-state index contributed by atoms with van der Waals surface area (Å²) in [5.41, 5.74) is 8.24. The molecule has 0 bridgehead atoms. The first kappa shape index (κ1) is 15.0. The van der Waals surface area contributed by atoms with E-state index < -0.39 is 0 Å². The quantitative estimate of drug-likeness (QED) is 0.783. The van der Waals surface area contributed by atoms with Crippen LogP contribution in [0.1, 0.15) is 23.4 Å². The molecule has 1 heterocycles. The van der Waals surface area contributed by atoms with Crippen LogP contribution in [0.4, 0.5) is 5.69 Å². The van der Waals surface area contributed by atoms with Gasteiger partial charge in [-0.25, -0.2) is 0 Å². The van der Waals surface area contributed by atoms with Gasteiger partial charge in [-0.15, -0.1) is 11.3 Å². The summed E-state index contributed by atoms with van der Waals surface area (Å²) >= 11 is 8.84. The molecule has 0 saturated heterocycles. The largest absolute Gasteiger partial charge is 0.369 e. The van der Waals surface area contributed by atoms with E-state index in [9.17, 15) is 0 Å². The lowest BCUT2D eigenvalue weighted by atomic mass is 10.1. The van der Waals surface area contributed by atoms with Crippen LogP contribution in [0.15, 0.2) is 38.6 Å². The molecule has 1 unspecified atom stereocenters. The molecule has 0 fully saturated rings. The number of hydrogen-bond donors (Lipinski definition) is 1. The number of hydrogen-bond acceptors (Lipinski definition) is 3. The Labute approximate surface area is 134 Å². The van der Waals surface area contributed by atoms with Crippen LogP contribution in [-0.2, 0) is 6.54 Å². The molecule has 1 aromatic carbocycles. The summed E-state index contributed by atoms with van der Waals surface area (Å²) in [7, 11) is 2.10. The van der Waals surface area contributed by atoms with Gasteiger partial charge in [-0.05, 0) is 46.6 Å². The Balaban J connectivity index is 2.15. The molecule has 19 heavy (non-hydrogen) atoms. The third-order valence-electron chi connectivity index (χ3n) is 2.93. The van der Waals surface area contributed by atoms with E-state index in [1.165, 1.54) is 10.6 Å². The molecule has 0 amide bonds. The second kappa shape index (κ2) is 6.39. The molecule has 0 aliphatic heterocycles. The maximum atomic E-state index is 5.92. The van der Waals surface area contributed by atoms with Gasteiger partial charge >= 0.3 is 0 Å². The lowest BCUT2D eigenvalue weighted by Crippen LogP contribution is -2.16. The zero-order valence-electron chi connectivity index (χ0n) is 10.9. The van der Waals surface area contributed by atoms with E-state index in [4.69, 9.17) is 5.73 Å². The van der Waals surface area contributed by atoms with Crippen LogP contribution in [0.25, 0.3) is 0 Å². The fourth-order valence-corrected chi connectivity index (χ4v) is 4.12. The molecule has 0 aliphatic rings. The highest BCUT2D eigenvalue weighted by molar-refractivity contribution is 9.10. The van der Waals surface area contributed by atoms with Gasteiger partial charge in [-0.1, -0.05) is 22.0 Å². The Kier molecular flexibility index (Phi) is 5.06. The number of benzene rings is 1. The summed E-state index contributed by atoms with van der Waals surface area (Å²) in [6.07, 6.45) is 0. The molecule has 0 spiro atoms. The second-order valence-electron chi connectivity index (χ2n) is 4.58. The van der Waals surface area contributed by atoms with Gasteiger partial charge in [-0.3, -0.25) is 0 Å². The standard InChI is InChI=1S/C14H16Br2N2S/c1-9(17)13-4-3-11(6-14(13)16)18(2)7-12-5-10(15)8-19-12/h3-6,8-9H,7,17H2,1-2H3. The molecule has 0 radical (unpaired) electrons. The van der Waals surface area contributed by atoms with Crippen LogP contribution in [0.3, 0.4) is 0 Å². The van der Waals surface area contributed by atoms with Gasteiger partial charge in [0.15, 0.2) is 0 Å². The van der Waals surface area contributed by atoms with Crippen molar-refractivity contribution in [2.24, 2.45) is 5.73 Å². The van der Waals surface area contributed by atoms with Crippen molar-refractivity contribution >= 4 is 48.9 Å². The zero-order valence-corrected chi connectivity index (χ0v) is 14.8. The molecule has 0 aliphatic carbocycles. The maximum Gasteiger partial charge on any atom is 0.0519 e. The number of rotatable bonds is 4. The maximum absolute atomic E-state index is 5.92. The van der Waals surface area contributed by atoms with Crippen molar-refractivity contribution in [1.29, 1.82) is 0 Å². The van der Waals surface area contributed by atoms with Gasteiger partial charge in [0.2, 0.25) is 0 Å². The van der Waals surface area contributed by atoms with Gasteiger partial charge in [0.25, 0.3) is 0 Å². The molecular weight excluding hydrogens is 388 g/mol. The summed E-state index contributed by atoms with van der Waals surface area (Å²) < 4.78 is 2.22. The minimum absolute atomic E-state index is 0.0435. The fourth-order valence-electron chi connectivity index (χ4n) is 1.88. The Morgan fingerprint density at radius 3 is 2.58 bits per heavy atom. The molecule has 1 aromatic heterocycles. The predicted octanol–water partition coefficient (Wildman–Crippen LogP) is 4.93. The van der Waals surface area contributed by atoms with Crippen LogP contribution in [0, 0.1) is 0 Å². The van der Waals surface area contributed by atoms with Crippen molar-refractivity contribution in [2.45, 2.75) is 19.5 Å². The molecule has 2 nitrogen and oxygen atoms in total. The van der Waals surface area contributed by atoms with Crippen molar-refractivity contribution in [1.82, 2.24) is 0 Å². The molecular formula is C14H16Br2N2S. The normalized spacial score (nSPS) is 12.5. The highest BCUT2D eigenvalue weighted by Crippen LogP contribution is 2.28. The summed E-state index contributed by atoms with van der Waals surface area (Å²) in [6.45, 7) is 2.90. The predicted molar refractivity (Wildman–Crippen MR) is 90.9 cm³/mol. The fraction of sp³-hybridized carbons (Fsp3) is 0.286. The van der Waals surface area contributed by atoms with E-state index in [2.05, 4.69) is 73.5 Å². The first-order valence-corrected chi connectivity index (χ1v) is 8.43. The van der Waals surface area contributed by atoms with Crippen LogP contribution in [0.2, 0.25) is 0 Å². The van der Waals surface area contributed by atoms with Crippen LogP contribution in [0.5, 0.6) is 0 Å². The monoisotopic (exact) mass is 402 g/mol. The minimum Gasteiger partial charge on any atom is -0.369 e. The van der Waals surface area contributed by atoms with Gasteiger partial charge in [0.05, 0.1) is 6.54 Å². The Morgan fingerprint density at radius 2 is 2.05 bits per heavy atom. The van der Waals surface area contributed by atoms with Crippen LogP contribution >= 0.6 is 43.2 Å². The van der Waals surface area contributed by atoms with Crippen molar-refractivity contribution in [3.63, 3.8) is 0 Å². The average molecular weight is 404 g/mol. The molecule has 2 rings (SSSR count). The van der Waals surface area contributed by atoms with E-state index in [-0.39, 0.29) is 6.04 Å². The van der Waals surface area contributed by atoms with Crippen molar-refractivity contribution in [3.05, 3.63) is 49.0 Å². The van der Waals surface area contributed by atoms with Crippen LogP contribution in [-0.4, -0.2) is 7.05 Å². The van der Waals surface area contributed by atoms with Gasteiger partial charge in [-0.2, -0.15) is 0 Å². The van der Waals surface area contributed by atoms with Crippen molar-refractivity contribution in [2.75, 3.05) is 11.9 Å². The minimum atomic E-state index is 0.0435. The number of anilines is 1. The van der Waals surface area contributed by atoms with Gasteiger partial charge < -0.3 is 10.6 Å². The number of thiophene rings is 1. The van der Waals surface area contributed by atoms with E-state index in [0.717, 1.165) is 21.1 Å². The van der Waals surface area contributed by atoms with Crippen molar-refractivity contribution in [3.8, 4) is 0 Å². The smallest absolute Gasteiger partial charge is 0.0519 e. The van der Waals surface area contributed by atoms with Gasteiger partial charge in [0, 0.05) is 38.0 Å². The highest BCUT2D eigenvalue weighted by Gasteiger charge is 2.09. The lowest BCUT2D eigenvalue weighted by Gasteiger charge is -2.20.